The Balaban J connectivity index is 0.00000385. The maximum absolute atomic E-state index is 12.9. The normalized spacial score (nSPS) is 19.6. The van der Waals surface area contributed by atoms with E-state index in [9.17, 15) is 14.4 Å². The van der Waals surface area contributed by atoms with Crippen molar-refractivity contribution in [1.29, 1.82) is 0 Å². The predicted octanol–water partition coefficient (Wildman–Crippen LogP) is 4.09. The second-order valence-electron chi connectivity index (χ2n) is 9.61. The Morgan fingerprint density at radius 3 is 2.24 bits per heavy atom. The van der Waals surface area contributed by atoms with Gasteiger partial charge in [0.05, 0.1) is 6.61 Å². The molecule has 9 heteroatoms. The molecule has 0 saturated carbocycles. The molecule has 2 aliphatic rings. The van der Waals surface area contributed by atoms with Crippen molar-refractivity contribution in [3.63, 3.8) is 0 Å². The summed E-state index contributed by atoms with van der Waals surface area (Å²) in [5.74, 6) is -0.407. The highest BCUT2D eigenvalue weighted by Gasteiger charge is 2.51. The first-order valence-corrected chi connectivity index (χ1v) is 11.2. The molecule has 2 saturated heterocycles. The first kappa shape index (κ1) is 26.8. The van der Waals surface area contributed by atoms with Crippen molar-refractivity contribution in [2.24, 2.45) is 5.41 Å². The molecule has 0 aliphatic carbocycles. The molecule has 2 fully saturated rings. The average molecular weight is 481 g/mol. The minimum absolute atomic E-state index is 0. The van der Waals surface area contributed by atoms with Crippen molar-refractivity contribution in [2.45, 2.75) is 65.2 Å². The maximum Gasteiger partial charge on any atom is 0.410 e. The third-order valence-electron chi connectivity index (χ3n) is 5.98. The number of esters is 1. The van der Waals surface area contributed by atoms with Crippen LogP contribution in [0.4, 0.5) is 9.59 Å². The number of carbonyl (C=O) groups excluding carboxylic acids is 3. The number of ether oxygens (including phenoxy) is 3. The lowest BCUT2D eigenvalue weighted by molar-refractivity contribution is -0.148. The molecule has 184 valence electrons. The summed E-state index contributed by atoms with van der Waals surface area (Å²) in [7, 11) is 0. The quantitative estimate of drug-likeness (QED) is 0.477. The van der Waals surface area contributed by atoms with Crippen LogP contribution < -0.4 is 0 Å². The van der Waals surface area contributed by atoms with Gasteiger partial charge in [-0.1, -0.05) is 30.3 Å². The molecule has 2 aliphatic heterocycles. The fraction of sp³-hybridized carbons (Fsp3) is 0.625. The van der Waals surface area contributed by atoms with Gasteiger partial charge in [0.15, 0.2) is 0 Å². The molecule has 0 bridgehead atoms. The number of carbonyl (C=O) groups is 3. The summed E-state index contributed by atoms with van der Waals surface area (Å²) >= 11 is 0. The molecule has 1 spiro atoms. The molecule has 0 unspecified atom stereocenters. The van der Waals surface area contributed by atoms with E-state index in [2.05, 4.69) is 0 Å². The second-order valence-corrected chi connectivity index (χ2v) is 9.61. The fourth-order valence-corrected chi connectivity index (χ4v) is 4.35. The topological polar surface area (TPSA) is 85.4 Å². The Kier molecular flexibility index (Phi) is 9.05. The number of benzene rings is 1. The number of likely N-dealkylation sites (tertiary alicyclic amines) is 2. The lowest BCUT2D eigenvalue weighted by Gasteiger charge is -2.39. The minimum Gasteiger partial charge on any atom is -0.464 e. The van der Waals surface area contributed by atoms with Crippen molar-refractivity contribution in [1.82, 2.24) is 9.80 Å². The van der Waals surface area contributed by atoms with Gasteiger partial charge >= 0.3 is 18.2 Å². The van der Waals surface area contributed by atoms with E-state index in [0.29, 0.717) is 38.9 Å². The molecule has 3 rings (SSSR count). The Morgan fingerprint density at radius 2 is 1.67 bits per heavy atom. The van der Waals surface area contributed by atoms with E-state index < -0.39 is 23.7 Å². The van der Waals surface area contributed by atoms with Crippen LogP contribution in [-0.4, -0.2) is 65.8 Å². The van der Waals surface area contributed by atoms with Gasteiger partial charge in [-0.3, -0.25) is 4.90 Å². The van der Waals surface area contributed by atoms with Crippen molar-refractivity contribution in [3.8, 4) is 0 Å². The van der Waals surface area contributed by atoms with Gasteiger partial charge in [0.25, 0.3) is 0 Å². The van der Waals surface area contributed by atoms with E-state index in [0.717, 1.165) is 5.56 Å². The average Bonchev–Trinajstić information content (AvgIpc) is 3.11. The summed E-state index contributed by atoms with van der Waals surface area (Å²) in [5, 5.41) is 0. The van der Waals surface area contributed by atoms with E-state index >= 15 is 0 Å². The summed E-state index contributed by atoms with van der Waals surface area (Å²) in [6.07, 6.45) is 1.04. The Hall–Kier alpha value is -2.42. The monoisotopic (exact) mass is 480 g/mol. The number of piperidine rings is 1. The van der Waals surface area contributed by atoms with E-state index in [-0.39, 0.29) is 38.2 Å². The molecule has 1 atom stereocenters. The molecule has 33 heavy (non-hydrogen) atoms. The van der Waals surface area contributed by atoms with Crippen LogP contribution in [0.5, 0.6) is 0 Å². The molecule has 8 nitrogen and oxygen atoms in total. The highest BCUT2D eigenvalue weighted by atomic mass is 32.1. The van der Waals surface area contributed by atoms with Crippen molar-refractivity contribution >= 4 is 31.7 Å². The SMILES string of the molecule is CCOC(=O)[C@@H]1CC2(CCN(C(=O)OC(C)(C)C)CC2)CN1C(=O)OCc1ccccc1.S. The summed E-state index contributed by atoms with van der Waals surface area (Å²) in [5.41, 5.74) is 0.0865. The van der Waals surface area contributed by atoms with Crippen LogP contribution in [0.1, 0.15) is 52.5 Å². The van der Waals surface area contributed by atoms with Crippen LogP contribution in [0.3, 0.4) is 0 Å². The second kappa shape index (κ2) is 11.1. The molecule has 0 aromatic heterocycles. The van der Waals surface area contributed by atoms with Crippen LogP contribution in [0.15, 0.2) is 30.3 Å². The maximum atomic E-state index is 12.9. The number of rotatable bonds is 4. The molecule has 2 heterocycles. The zero-order valence-corrected chi connectivity index (χ0v) is 21.0. The van der Waals surface area contributed by atoms with E-state index in [1.54, 1.807) is 11.8 Å². The van der Waals surface area contributed by atoms with Gasteiger partial charge in [0.1, 0.15) is 18.2 Å². The first-order chi connectivity index (χ1) is 15.1. The Labute approximate surface area is 203 Å². The minimum atomic E-state index is -0.675. The van der Waals surface area contributed by atoms with Crippen LogP contribution in [0.25, 0.3) is 0 Å². The molecule has 1 aromatic rings. The zero-order valence-electron chi connectivity index (χ0n) is 20.0. The van der Waals surface area contributed by atoms with Crippen LogP contribution in [0.2, 0.25) is 0 Å². The van der Waals surface area contributed by atoms with E-state index in [4.69, 9.17) is 14.2 Å². The standard InChI is InChI=1S/C24H34N2O6.H2S/c1-5-30-20(27)19-15-24(11-13-25(14-12-24)21(28)32-23(2,3)4)17-26(19)22(29)31-16-18-9-7-6-8-10-18;/h6-10,19H,5,11-17H2,1-4H3;1H2/t19-;/m0./s1. The summed E-state index contributed by atoms with van der Waals surface area (Å²) < 4.78 is 16.2. The smallest absolute Gasteiger partial charge is 0.410 e. The number of hydrogen-bond donors (Lipinski definition) is 0. The molecule has 0 radical (unpaired) electrons. The molecule has 0 N–H and O–H groups in total. The Morgan fingerprint density at radius 1 is 1.03 bits per heavy atom. The highest BCUT2D eigenvalue weighted by Crippen LogP contribution is 2.44. The van der Waals surface area contributed by atoms with Gasteiger partial charge in [-0.2, -0.15) is 13.5 Å². The molecule has 1 aromatic carbocycles. The van der Waals surface area contributed by atoms with Gasteiger partial charge in [-0.25, -0.2) is 14.4 Å². The number of hydrogen-bond acceptors (Lipinski definition) is 6. The lowest BCUT2D eigenvalue weighted by atomic mass is 9.76. The predicted molar refractivity (Wildman–Crippen MR) is 128 cm³/mol. The molecular formula is C24H36N2O6S. The van der Waals surface area contributed by atoms with Gasteiger partial charge in [-0.15, -0.1) is 0 Å². The largest absolute Gasteiger partial charge is 0.464 e. The van der Waals surface area contributed by atoms with Gasteiger partial charge in [0, 0.05) is 19.6 Å². The van der Waals surface area contributed by atoms with Crippen molar-refractivity contribution in [3.05, 3.63) is 35.9 Å². The zero-order chi connectivity index (χ0) is 23.4. The first-order valence-electron chi connectivity index (χ1n) is 11.2. The molecular weight excluding hydrogens is 444 g/mol. The highest BCUT2D eigenvalue weighted by molar-refractivity contribution is 7.59. The van der Waals surface area contributed by atoms with Gasteiger partial charge in [0.2, 0.25) is 0 Å². The van der Waals surface area contributed by atoms with Gasteiger partial charge < -0.3 is 19.1 Å². The van der Waals surface area contributed by atoms with Gasteiger partial charge in [-0.05, 0) is 57.9 Å². The molecule has 2 amide bonds. The summed E-state index contributed by atoms with van der Waals surface area (Å²) in [6, 6.07) is 8.76. The third-order valence-corrected chi connectivity index (χ3v) is 5.98. The third kappa shape index (κ3) is 7.03. The fourth-order valence-electron chi connectivity index (χ4n) is 4.35. The number of nitrogens with zero attached hydrogens (tertiary/aromatic N) is 2. The van der Waals surface area contributed by atoms with Crippen LogP contribution >= 0.6 is 13.5 Å². The van der Waals surface area contributed by atoms with Crippen molar-refractivity contribution in [2.75, 3.05) is 26.2 Å². The van der Waals surface area contributed by atoms with E-state index in [1.165, 1.54) is 4.90 Å². The summed E-state index contributed by atoms with van der Waals surface area (Å²) in [6.45, 7) is 9.14. The Bertz CT molecular complexity index is 818. The van der Waals surface area contributed by atoms with Crippen LogP contribution in [0, 0.1) is 5.41 Å². The van der Waals surface area contributed by atoms with Crippen molar-refractivity contribution < 1.29 is 28.6 Å². The summed E-state index contributed by atoms with van der Waals surface area (Å²) in [4.78, 5) is 41.2. The number of amides is 2. The lowest BCUT2D eigenvalue weighted by Crippen LogP contribution is -2.46. The van der Waals surface area contributed by atoms with E-state index in [1.807, 2.05) is 51.1 Å². The van der Waals surface area contributed by atoms with Crippen LogP contribution in [-0.2, 0) is 25.6 Å².